The maximum atomic E-state index is 11.1. The van der Waals surface area contributed by atoms with E-state index in [1.165, 1.54) is 18.6 Å². The summed E-state index contributed by atoms with van der Waals surface area (Å²) in [6, 6.07) is 6.53. The first-order valence-electron chi connectivity index (χ1n) is 7.87. The Hall–Kier alpha value is -0.870. The third kappa shape index (κ3) is 6.49. The second kappa shape index (κ2) is 6.71. The Labute approximate surface area is 135 Å². The molecule has 0 amide bonds. The average molecular weight is 327 g/mol. The molecule has 0 aromatic heterocycles. The maximum absolute atomic E-state index is 11.1. The Morgan fingerprint density at radius 3 is 1.91 bits per heavy atom. The van der Waals surface area contributed by atoms with E-state index in [-0.39, 0.29) is 15.7 Å². The molecule has 0 aliphatic rings. The summed E-state index contributed by atoms with van der Waals surface area (Å²) in [7, 11) is -4.11. The predicted molar refractivity (Wildman–Crippen MR) is 91.6 cm³/mol. The molecule has 0 saturated heterocycles. The molecule has 3 nitrogen and oxygen atoms in total. The highest BCUT2D eigenvalue weighted by atomic mass is 32.2. The van der Waals surface area contributed by atoms with E-state index >= 15 is 0 Å². The Kier molecular flexibility index (Phi) is 5.85. The molecule has 126 valence electrons. The lowest BCUT2D eigenvalue weighted by Crippen LogP contribution is -2.26. The van der Waals surface area contributed by atoms with Gasteiger partial charge in [-0.25, -0.2) is 0 Å². The highest BCUT2D eigenvalue weighted by Gasteiger charge is 2.29. The van der Waals surface area contributed by atoms with Gasteiger partial charge in [-0.2, -0.15) is 8.42 Å². The second-order valence-corrected chi connectivity index (χ2v) is 9.82. The van der Waals surface area contributed by atoms with Crippen LogP contribution < -0.4 is 0 Å². The van der Waals surface area contributed by atoms with Crippen molar-refractivity contribution in [3.05, 3.63) is 29.8 Å². The lowest BCUT2D eigenvalue weighted by Gasteiger charge is -2.36. The summed E-state index contributed by atoms with van der Waals surface area (Å²) < 4.78 is 31.2. The Morgan fingerprint density at radius 2 is 1.50 bits per heavy atom. The van der Waals surface area contributed by atoms with Crippen LogP contribution in [0.15, 0.2) is 29.2 Å². The van der Waals surface area contributed by atoms with Gasteiger partial charge in [0.2, 0.25) is 0 Å². The van der Waals surface area contributed by atoms with Crippen LogP contribution in [0.1, 0.15) is 59.9 Å². The largest absolute Gasteiger partial charge is 0.294 e. The molecule has 1 rings (SSSR count). The summed E-state index contributed by atoms with van der Waals surface area (Å²) in [4.78, 5) is -0.0470. The van der Waals surface area contributed by atoms with E-state index in [2.05, 4.69) is 41.5 Å². The van der Waals surface area contributed by atoms with Gasteiger partial charge in [-0.3, -0.25) is 4.55 Å². The molecule has 0 saturated carbocycles. The standard InChI is InChI=1S/C18H30O3S/c1-14(2)11-17(3,4)13-18(5,6)12-15-7-9-16(10-8-15)22(19,20)21/h7-10,14H,11-13H2,1-6H3,(H,19,20,21). The van der Waals surface area contributed by atoms with Crippen LogP contribution in [0, 0.1) is 16.7 Å². The fraction of sp³-hybridized carbons (Fsp3) is 0.667. The molecule has 22 heavy (non-hydrogen) atoms. The van der Waals surface area contributed by atoms with E-state index in [1.54, 1.807) is 12.1 Å². The quantitative estimate of drug-likeness (QED) is 0.720. The average Bonchev–Trinajstić information content (AvgIpc) is 2.23. The number of hydrogen-bond donors (Lipinski definition) is 1. The summed E-state index contributed by atoms with van der Waals surface area (Å²) in [5.74, 6) is 0.680. The fourth-order valence-electron chi connectivity index (χ4n) is 3.87. The molecule has 0 spiro atoms. The van der Waals surface area contributed by atoms with Crippen molar-refractivity contribution < 1.29 is 13.0 Å². The van der Waals surface area contributed by atoms with E-state index in [9.17, 15) is 8.42 Å². The predicted octanol–water partition coefficient (Wildman–Crippen LogP) is 4.96. The Bertz CT molecular complexity index is 581. The van der Waals surface area contributed by atoms with Crippen LogP contribution >= 0.6 is 0 Å². The highest BCUT2D eigenvalue weighted by molar-refractivity contribution is 7.85. The summed E-state index contributed by atoms with van der Waals surface area (Å²) in [6.45, 7) is 13.6. The normalized spacial score (nSPS) is 13.6. The molecule has 0 heterocycles. The highest BCUT2D eigenvalue weighted by Crippen LogP contribution is 2.40. The van der Waals surface area contributed by atoms with E-state index in [1.807, 2.05) is 0 Å². The van der Waals surface area contributed by atoms with Gasteiger partial charge in [-0.05, 0) is 53.7 Å². The summed E-state index contributed by atoms with van der Waals surface area (Å²) in [5.41, 5.74) is 1.52. The topological polar surface area (TPSA) is 54.4 Å². The van der Waals surface area contributed by atoms with Crippen molar-refractivity contribution in [3.63, 3.8) is 0 Å². The zero-order valence-corrected chi connectivity index (χ0v) is 15.5. The molecule has 0 aliphatic heterocycles. The van der Waals surface area contributed by atoms with Crippen LogP contribution in [-0.4, -0.2) is 13.0 Å². The molecule has 0 aliphatic carbocycles. The Balaban J connectivity index is 2.80. The van der Waals surface area contributed by atoms with Crippen molar-refractivity contribution in [1.82, 2.24) is 0 Å². The van der Waals surface area contributed by atoms with Gasteiger partial charge >= 0.3 is 0 Å². The van der Waals surface area contributed by atoms with Gasteiger partial charge in [-0.1, -0.05) is 53.7 Å². The lowest BCUT2D eigenvalue weighted by molar-refractivity contribution is 0.164. The molecular weight excluding hydrogens is 296 g/mol. The van der Waals surface area contributed by atoms with Crippen LogP contribution in [0.3, 0.4) is 0 Å². The first-order chi connectivity index (χ1) is 9.81. The van der Waals surface area contributed by atoms with Gasteiger partial charge < -0.3 is 0 Å². The summed E-state index contributed by atoms with van der Waals surface area (Å²) in [5, 5.41) is 0. The molecule has 4 heteroatoms. The van der Waals surface area contributed by atoms with Crippen molar-refractivity contribution in [2.45, 2.75) is 65.7 Å². The first kappa shape index (κ1) is 19.2. The van der Waals surface area contributed by atoms with Crippen LogP contribution in [0.4, 0.5) is 0 Å². The zero-order chi connectivity index (χ0) is 17.2. The number of hydrogen-bond acceptors (Lipinski definition) is 2. The van der Waals surface area contributed by atoms with Gasteiger partial charge in [0.25, 0.3) is 10.1 Å². The zero-order valence-electron chi connectivity index (χ0n) is 14.7. The summed E-state index contributed by atoms with van der Waals surface area (Å²) >= 11 is 0. The van der Waals surface area contributed by atoms with E-state index < -0.39 is 10.1 Å². The third-order valence-electron chi connectivity index (χ3n) is 3.82. The maximum Gasteiger partial charge on any atom is 0.294 e. The lowest BCUT2D eigenvalue weighted by atomic mass is 9.69. The molecule has 1 aromatic carbocycles. The molecule has 0 bridgehead atoms. The fourth-order valence-corrected chi connectivity index (χ4v) is 4.35. The van der Waals surface area contributed by atoms with E-state index in [4.69, 9.17) is 4.55 Å². The van der Waals surface area contributed by atoms with E-state index in [0.717, 1.165) is 18.4 Å². The van der Waals surface area contributed by atoms with Gasteiger partial charge in [-0.15, -0.1) is 0 Å². The molecule has 1 aromatic rings. The second-order valence-electron chi connectivity index (χ2n) is 8.40. The van der Waals surface area contributed by atoms with Crippen molar-refractivity contribution in [3.8, 4) is 0 Å². The molecule has 0 unspecified atom stereocenters. The van der Waals surface area contributed by atoms with E-state index in [0.29, 0.717) is 5.92 Å². The minimum atomic E-state index is -4.11. The van der Waals surface area contributed by atoms with Gasteiger partial charge in [0.1, 0.15) is 0 Å². The van der Waals surface area contributed by atoms with Crippen molar-refractivity contribution in [2.75, 3.05) is 0 Å². The van der Waals surface area contributed by atoms with Crippen LogP contribution in [0.2, 0.25) is 0 Å². The summed E-state index contributed by atoms with van der Waals surface area (Å²) in [6.07, 6.45) is 3.19. The van der Waals surface area contributed by atoms with Crippen LogP contribution in [-0.2, 0) is 16.5 Å². The van der Waals surface area contributed by atoms with Gasteiger partial charge in [0.15, 0.2) is 0 Å². The minimum Gasteiger partial charge on any atom is -0.282 e. The van der Waals surface area contributed by atoms with Crippen molar-refractivity contribution in [2.24, 2.45) is 16.7 Å². The third-order valence-corrected chi connectivity index (χ3v) is 4.69. The SMILES string of the molecule is CC(C)CC(C)(C)CC(C)(C)Cc1ccc(S(=O)(=O)O)cc1. The smallest absolute Gasteiger partial charge is 0.282 e. The van der Waals surface area contributed by atoms with Crippen LogP contribution in [0.5, 0.6) is 0 Å². The van der Waals surface area contributed by atoms with Crippen molar-refractivity contribution in [1.29, 1.82) is 0 Å². The Morgan fingerprint density at radius 1 is 1.00 bits per heavy atom. The van der Waals surface area contributed by atoms with Crippen LogP contribution in [0.25, 0.3) is 0 Å². The van der Waals surface area contributed by atoms with Gasteiger partial charge in [0, 0.05) is 0 Å². The molecular formula is C18H30O3S. The monoisotopic (exact) mass is 326 g/mol. The van der Waals surface area contributed by atoms with Crippen molar-refractivity contribution >= 4 is 10.1 Å². The number of rotatable bonds is 7. The molecule has 0 radical (unpaired) electrons. The minimum absolute atomic E-state index is 0.0470. The molecule has 0 atom stereocenters. The number of benzene rings is 1. The molecule has 1 N–H and O–H groups in total. The first-order valence-corrected chi connectivity index (χ1v) is 9.31. The molecule has 0 fully saturated rings. The van der Waals surface area contributed by atoms with Gasteiger partial charge in [0.05, 0.1) is 4.90 Å².